The maximum atomic E-state index is 6.30. The van der Waals surface area contributed by atoms with Crippen molar-refractivity contribution in [2.75, 3.05) is 5.32 Å². The number of hydrogen-bond donors (Lipinski definition) is 1. The Labute approximate surface area is 189 Å². The second-order valence-corrected chi connectivity index (χ2v) is 9.96. The molecule has 0 aromatic heterocycles. The van der Waals surface area contributed by atoms with E-state index in [-0.39, 0.29) is 10.8 Å². The van der Waals surface area contributed by atoms with Crippen molar-refractivity contribution in [3.05, 3.63) is 107 Å². The minimum absolute atomic E-state index is 0.0128. The molecule has 0 fully saturated rings. The molecule has 1 aliphatic heterocycles. The molecule has 0 bridgehead atoms. The summed E-state index contributed by atoms with van der Waals surface area (Å²) in [5, 5.41) is 3.73. The first-order valence-electron chi connectivity index (χ1n) is 11.3. The fourth-order valence-corrected chi connectivity index (χ4v) is 5.63. The van der Waals surface area contributed by atoms with Crippen LogP contribution in [0.2, 0.25) is 0 Å². The molecule has 0 radical (unpaired) electrons. The Balaban J connectivity index is 1.44. The lowest BCUT2D eigenvalue weighted by atomic mass is 9.75. The zero-order valence-corrected chi connectivity index (χ0v) is 19.0. The zero-order valence-electron chi connectivity index (χ0n) is 19.0. The molecule has 2 heteroatoms. The third kappa shape index (κ3) is 2.59. The normalized spacial score (nSPS) is 16.2. The standard InChI is InChI=1S/C30H27NO/c1-29(2)22-11-6-5-10-20(22)21-17-16-19(18-24(21)29)31-25-13-9-15-27-28(25)30(3,4)23-12-7-8-14-26(23)32-27/h5-18,31H,1-4H3. The Morgan fingerprint density at radius 2 is 1.28 bits per heavy atom. The van der Waals surface area contributed by atoms with Crippen molar-refractivity contribution in [1.29, 1.82) is 0 Å². The van der Waals surface area contributed by atoms with E-state index in [1.807, 2.05) is 6.07 Å². The van der Waals surface area contributed by atoms with Gasteiger partial charge in [0.15, 0.2) is 0 Å². The molecule has 158 valence electrons. The monoisotopic (exact) mass is 417 g/mol. The van der Waals surface area contributed by atoms with E-state index in [0.717, 1.165) is 22.9 Å². The molecule has 0 atom stereocenters. The van der Waals surface area contributed by atoms with Crippen LogP contribution < -0.4 is 10.1 Å². The molecule has 0 saturated carbocycles. The van der Waals surface area contributed by atoms with Gasteiger partial charge in [0.2, 0.25) is 0 Å². The first-order chi connectivity index (χ1) is 15.4. The quantitative estimate of drug-likeness (QED) is 0.355. The third-order valence-corrected chi connectivity index (χ3v) is 7.29. The molecule has 0 unspecified atom stereocenters. The summed E-state index contributed by atoms with van der Waals surface area (Å²) in [6, 6.07) is 30.2. The second kappa shape index (κ2) is 6.49. The van der Waals surface area contributed by atoms with Crippen LogP contribution in [0.15, 0.2) is 84.9 Å². The Hall–Kier alpha value is -3.52. The van der Waals surface area contributed by atoms with Crippen LogP contribution >= 0.6 is 0 Å². The van der Waals surface area contributed by atoms with Crippen LogP contribution in [0.3, 0.4) is 0 Å². The maximum absolute atomic E-state index is 6.30. The van der Waals surface area contributed by atoms with E-state index in [9.17, 15) is 0 Å². The Morgan fingerprint density at radius 1 is 0.594 bits per heavy atom. The van der Waals surface area contributed by atoms with Gasteiger partial charge in [0, 0.05) is 33.3 Å². The van der Waals surface area contributed by atoms with Crippen molar-refractivity contribution < 1.29 is 4.74 Å². The predicted molar refractivity (Wildman–Crippen MR) is 132 cm³/mol. The van der Waals surface area contributed by atoms with E-state index in [4.69, 9.17) is 4.74 Å². The van der Waals surface area contributed by atoms with Crippen LogP contribution in [-0.4, -0.2) is 0 Å². The van der Waals surface area contributed by atoms with Gasteiger partial charge in [0.25, 0.3) is 0 Å². The number of anilines is 2. The van der Waals surface area contributed by atoms with E-state index in [1.165, 1.54) is 33.4 Å². The van der Waals surface area contributed by atoms with E-state index >= 15 is 0 Å². The second-order valence-electron chi connectivity index (χ2n) is 9.96. The van der Waals surface area contributed by atoms with Crippen molar-refractivity contribution in [3.63, 3.8) is 0 Å². The van der Waals surface area contributed by atoms with E-state index in [1.54, 1.807) is 0 Å². The Bertz CT molecular complexity index is 1380. The van der Waals surface area contributed by atoms with Gasteiger partial charge in [-0.2, -0.15) is 0 Å². The first-order valence-corrected chi connectivity index (χ1v) is 11.3. The summed E-state index contributed by atoms with van der Waals surface area (Å²) in [6.45, 7) is 9.20. The van der Waals surface area contributed by atoms with Crippen molar-refractivity contribution in [1.82, 2.24) is 0 Å². The number of fused-ring (bicyclic) bond motifs is 5. The van der Waals surface area contributed by atoms with Crippen molar-refractivity contribution in [3.8, 4) is 22.6 Å². The van der Waals surface area contributed by atoms with Gasteiger partial charge in [0.05, 0.1) is 0 Å². The lowest BCUT2D eigenvalue weighted by Crippen LogP contribution is -2.25. The van der Waals surface area contributed by atoms with Gasteiger partial charge < -0.3 is 10.1 Å². The fourth-order valence-electron chi connectivity index (χ4n) is 5.63. The van der Waals surface area contributed by atoms with Crippen LogP contribution in [0.5, 0.6) is 11.5 Å². The molecule has 4 aromatic carbocycles. The van der Waals surface area contributed by atoms with Gasteiger partial charge >= 0.3 is 0 Å². The minimum atomic E-state index is -0.167. The summed E-state index contributed by atoms with van der Waals surface area (Å²) >= 11 is 0. The number of benzene rings is 4. The molecule has 4 aromatic rings. The molecule has 6 rings (SSSR count). The molecular formula is C30H27NO. The molecule has 0 spiro atoms. The van der Waals surface area contributed by atoms with Crippen molar-refractivity contribution in [2.24, 2.45) is 0 Å². The molecule has 32 heavy (non-hydrogen) atoms. The van der Waals surface area contributed by atoms with Gasteiger partial charge in [-0.05, 0) is 52.6 Å². The SMILES string of the molecule is CC1(C)c2ccccc2-c2ccc(Nc3cccc4c3C(C)(C)c3ccccc3O4)cc21. The molecular weight excluding hydrogens is 390 g/mol. The largest absolute Gasteiger partial charge is 0.457 e. The van der Waals surface area contributed by atoms with Gasteiger partial charge in [-0.25, -0.2) is 0 Å². The van der Waals surface area contributed by atoms with Gasteiger partial charge in [-0.1, -0.05) is 82.3 Å². The zero-order chi connectivity index (χ0) is 22.1. The van der Waals surface area contributed by atoms with Crippen LogP contribution in [0.25, 0.3) is 11.1 Å². The van der Waals surface area contributed by atoms with E-state index < -0.39 is 0 Å². The first kappa shape index (κ1) is 19.2. The summed E-state index contributed by atoms with van der Waals surface area (Å²) < 4.78 is 6.30. The van der Waals surface area contributed by atoms with Crippen molar-refractivity contribution >= 4 is 11.4 Å². The van der Waals surface area contributed by atoms with Crippen LogP contribution in [0.4, 0.5) is 11.4 Å². The highest BCUT2D eigenvalue weighted by molar-refractivity contribution is 5.83. The highest BCUT2D eigenvalue weighted by atomic mass is 16.5. The predicted octanol–water partition coefficient (Wildman–Crippen LogP) is 8.17. The summed E-state index contributed by atoms with van der Waals surface area (Å²) in [4.78, 5) is 0. The van der Waals surface area contributed by atoms with Crippen LogP contribution in [0.1, 0.15) is 49.9 Å². The lowest BCUT2D eigenvalue weighted by Gasteiger charge is -2.36. The molecule has 0 saturated heterocycles. The average Bonchev–Trinajstić information content (AvgIpc) is 3.01. The van der Waals surface area contributed by atoms with E-state index in [2.05, 4.69) is 112 Å². The molecule has 2 nitrogen and oxygen atoms in total. The topological polar surface area (TPSA) is 21.3 Å². The van der Waals surface area contributed by atoms with Gasteiger partial charge in [0.1, 0.15) is 11.5 Å². The minimum Gasteiger partial charge on any atom is -0.457 e. The van der Waals surface area contributed by atoms with Crippen molar-refractivity contribution in [2.45, 2.75) is 38.5 Å². The summed E-state index contributed by atoms with van der Waals surface area (Å²) in [6.07, 6.45) is 0. The van der Waals surface area contributed by atoms with Gasteiger partial charge in [-0.15, -0.1) is 0 Å². The summed E-state index contributed by atoms with van der Waals surface area (Å²) in [5.74, 6) is 1.87. The van der Waals surface area contributed by atoms with Crippen LogP contribution in [0, 0.1) is 0 Å². The highest BCUT2D eigenvalue weighted by Crippen LogP contribution is 2.52. The van der Waals surface area contributed by atoms with Gasteiger partial charge in [-0.3, -0.25) is 0 Å². The smallest absolute Gasteiger partial charge is 0.133 e. The highest BCUT2D eigenvalue weighted by Gasteiger charge is 2.37. The molecule has 2 aliphatic rings. The number of ether oxygens (including phenoxy) is 1. The molecule has 0 amide bonds. The number of hydrogen-bond acceptors (Lipinski definition) is 2. The molecule has 1 N–H and O–H groups in total. The third-order valence-electron chi connectivity index (χ3n) is 7.29. The number of nitrogens with one attached hydrogen (secondary N) is 1. The maximum Gasteiger partial charge on any atom is 0.133 e. The lowest BCUT2D eigenvalue weighted by molar-refractivity contribution is 0.419. The molecule has 1 heterocycles. The summed E-state index contributed by atoms with van der Waals surface area (Å²) in [7, 11) is 0. The summed E-state index contributed by atoms with van der Waals surface area (Å²) in [5.41, 5.74) is 9.88. The fraction of sp³-hybridized carbons (Fsp3) is 0.200. The molecule has 1 aliphatic carbocycles. The Kier molecular flexibility index (Phi) is 3.89. The number of para-hydroxylation sites is 1. The van der Waals surface area contributed by atoms with Crippen LogP contribution in [-0.2, 0) is 10.8 Å². The average molecular weight is 418 g/mol. The van der Waals surface area contributed by atoms with E-state index in [0.29, 0.717) is 0 Å². The number of rotatable bonds is 2. The Morgan fingerprint density at radius 3 is 2.12 bits per heavy atom.